The molecule has 2 aromatic rings. The molecular formula is C18H15BrFNO3. The monoisotopic (exact) mass is 391 g/mol. The van der Waals surface area contributed by atoms with Gasteiger partial charge in [0.05, 0.1) is 6.54 Å². The number of carbonyl (C=O) groups is 1. The van der Waals surface area contributed by atoms with E-state index in [1.165, 1.54) is 18.2 Å². The maximum absolute atomic E-state index is 13.6. The average Bonchev–Trinajstić information content (AvgIpc) is 2.60. The van der Waals surface area contributed by atoms with Crippen LogP contribution in [0, 0.1) is 5.82 Å². The Morgan fingerprint density at radius 3 is 2.92 bits per heavy atom. The molecule has 1 amide bonds. The van der Waals surface area contributed by atoms with Gasteiger partial charge in [0.1, 0.15) is 18.5 Å². The van der Waals surface area contributed by atoms with Crippen LogP contribution in [0.2, 0.25) is 0 Å². The normalized spacial score (nSPS) is 16.2. The number of carbonyl (C=O) groups excluding carboxylic acids is 1. The molecule has 124 valence electrons. The number of para-hydroxylation sites is 2. The zero-order chi connectivity index (χ0) is 16.9. The van der Waals surface area contributed by atoms with Crippen LogP contribution in [0.4, 0.5) is 4.39 Å². The predicted molar refractivity (Wildman–Crippen MR) is 92.5 cm³/mol. The standard InChI is InChI=1S/C18H15BrFNO3/c19-13-6-7-15(20)12(9-13)5-8-18(22)21-10-14-11-23-16-3-1-2-4-17(16)24-14/h1-9,14H,10-11H2,(H,21,22)/b8-5+/t14-/m1/s1. The molecule has 1 aliphatic heterocycles. The van der Waals surface area contributed by atoms with E-state index in [-0.39, 0.29) is 17.8 Å². The molecule has 0 unspecified atom stereocenters. The van der Waals surface area contributed by atoms with Gasteiger partial charge in [0, 0.05) is 16.1 Å². The number of amides is 1. The Hall–Kier alpha value is -2.34. The van der Waals surface area contributed by atoms with Gasteiger partial charge in [0.25, 0.3) is 0 Å². The van der Waals surface area contributed by atoms with Crippen LogP contribution in [-0.2, 0) is 4.79 Å². The summed E-state index contributed by atoms with van der Waals surface area (Å²) in [4.78, 5) is 11.9. The fourth-order valence-corrected chi connectivity index (χ4v) is 2.62. The lowest BCUT2D eigenvalue weighted by Gasteiger charge is -2.26. The molecule has 1 aliphatic rings. The minimum absolute atomic E-state index is 0.264. The van der Waals surface area contributed by atoms with Gasteiger partial charge in [0.15, 0.2) is 11.5 Å². The van der Waals surface area contributed by atoms with E-state index in [0.29, 0.717) is 30.2 Å². The Kier molecular flexibility index (Phi) is 5.15. The zero-order valence-electron chi connectivity index (χ0n) is 12.7. The van der Waals surface area contributed by atoms with Crippen LogP contribution in [-0.4, -0.2) is 25.2 Å². The highest BCUT2D eigenvalue weighted by molar-refractivity contribution is 9.10. The summed E-state index contributed by atoms with van der Waals surface area (Å²) >= 11 is 3.27. The number of hydrogen-bond acceptors (Lipinski definition) is 3. The lowest BCUT2D eigenvalue weighted by atomic mass is 10.2. The molecule has 0 aromatic heterocycles. The summed E-state index contributed by atoms with van der Waals surface area (Å²) in [5.74, 6) is 0.652. The summed E-state index contributed by atoms with van der Waals surface area (Å²) in [5, 5.41) is 2.72. The summed E-state index contributed by atoms with van der Waals surface area (Å²) in [6, 6.07) is 11.9. The SMILES string of the molecule is O=C(/C=C/c1cc(Br)ccc1F)NC[C@@H]1COc2ccccc2O1. The summed E-state index contributed by atoms with van der Waals surface area (Å²) in [6.45, 7) is 0.666. The van der Waals surface area contributed by atoms with Crippen LogP contribution in [0.15, 0.2) is 53.0 Å². The molecule has 6 heteroatoms. The van der Waals surface area contributed by atoms with E-state index >= 15 is 0 Å². The third-order valence-corrected chi connectivity index (χ3v) is 3.94. The Morgan fingerprint density at radius 1 is 1.29 bits per heavy atom. The first-order valence-electron chi connectivity index (χ1n) is 7.41. The largest absolute Gasteiger partial charge is 0.486 e. The van der Waals surface area contributed by atoms with Crippen LogP contribution in [0.25, 0.3) is 6.08 Å². The smallest absolute Gasteiger partial charge is 0.244 e. The van der Waals surface area contributed by atoms with E-state index in [1.807, 2.05) is 24.3 Å². The minimum atomic E-state index is -0.386. The highest BCUT2D eigenvalue weighted by atomic mass is 79.9. The lowest BCUT2D eigenvalue weighted by molar-refractivity contribution is -0.116. The van der Waals surface area contributed by atoms with Gasteiger partial charge in [-0.1, -0.05) is 28.1 Å². The summed E-state index contributed by atoms with van der Waals surface area (Å²) in [6.07, 6.45) is 2.46. The summed E-state index contributed by atoms with van der Waals surface area (Å²) in [5.41, 5.74) is 0.339. The summed E-state index contributed by atoms with van der Waals surface area (Å²) < 4.78 is 25.7. The van der Waals surface area contributed by atoms with Crippen LogP contribution >= 0.6 is 15.9 Å². The molecule has 1 heterocycles. The quantitative estimate of drug-likeness (QED) is 0.810. The highest BCUT2D eigenvalue weighted by Gasteiger charge is 2.20. The van der Waals surface area contributed by atoms with Crippen molar-refractivity contribution in [1.82, 2.24) is 5.32 Å². The van der Waals surface area contributed by atoms with Crippen LogP contribution in [0.3, 0.4) is 0 Å². The maximum Gasteiger partial charge on any atom is 0.244 e. The zero-order valence-corrected chi connectivity index (χ0v) is 14.3. The molecule has 0 saturated carbocycles. The third kappa shape index (κ3) is 4.14. The Morgan fingerprint density at radius 2 is 2.08 bits per heavy atom. The molecule has 0 bridgehead atoms. The second-order valence-corrected chi connectivity index (χ2v) is 6.16. The number of ether oxygens (including phenoxy) is 2. The van der Waals surface area contributed by atoms with Crippen molar-refractivity contribution >= 4 is 27.9 Å². The van der Waals surface area contributed by atoms with Crippen LogP contribution < -0.4 is 14.8 Å². The van der Waals surface area contributed by atoms with Gasteiger partial charge < -0.3 is 14.8 Å². The first-order valence-corrected chi connectivity index (χ1v) is 8.20. The number of fused-ring (bicyclic) bond motifs is 1. The first kappa shape index (κ1) is 16.5. The topological polar surface area (TPSA) is 47.6 Å². The van der Waals surface area contributed by atoms with Crippen LogP contribution in [0.5, 0.6) is 11.5 Å². The van der Waals surface area contributed by atoms with Crippen molar-refractivity contribution in [1.29, 1.82) is 0 Å². The second-order valence-electron chi connectivity index (χ2n) is 5.24. The van der Waals surface area contributed by atoms with E-state index in [2.05, 4.69) is 21.2 Å². The molecule has 3 rings (SSSR count). The minimum Gasteiger partial charge on any atom is -0.486 e. The Labute approximate surface area is 147 Å². The molecule has 0 fully saturated rings. The lowest BCUT2D eigenvalue weighted by Crippen LogP contribution is -2.40. The van der Waals surface area contributed by atoms with Gasteiger partial charge in [-0.25, -0.2) is 4.39 Å². The Bertz CT molecular complexity index is 779. The number of rotatable bonds is 4. The van der Waals surface area contributed by atoms with Crippen molar-refractivity contribution in [3.63, 3.8) is 0 Å². The molecule has 24 heavy (non-hydrogen) atoms. The first-order chi connectivity index (χ1) is 11.6. The van der Waals surface area contributed by atoms with E-state index in [9.17, 15) is 9.18 Å². The van der Waals surface area contributed by atoms with Gasteiger partial charge in [-0.05, 0) is 36.4 Å². The van der Waals surface area contributed by atoms with E-state index < -0.39 is 0 Å². The molecule has 1 atom stereocenters. The van der Waals surface area contributed by atoms with Crippen molar-refractivity contribution in [2.75, 3.05) is 13.2 Å². The van der Waals surface area contributed by atoms with E-state index in [0.717, 1.165) is 4.47 Å². The molecule has 0 aliphatic carbocycles. The van der Waals surface area contributed by atoms with Gasteiger partial charge in [-0.3, -0.25) is 4.79 Å². The molecule has 2 aromatic carbocycles. The van der Waals surface area contributed by atoms with Gasteiger partial charge >= 0.3 is 0 Å². The van der Waals surface area contributed by atoms with Gasteiger partial charge in [-0.15, -0.1) is 0 Å². The van der Waals surface area contributed by atoms with E-state index in [1.54, 1.807) is 12.1 Å². The number of benzene rings is 2. The van der Waals surface area contributed by atoms with Crippen LogP contribution in [0.1, 0.15) is 5.56 Å². The van der Waals surface area contributed by atoms with Crippen molar-refractivity contribution in [2.24, 2.45) is 0 Å². The fourth-order valence-electron chi connectivity index (χ4n) is 2.24. The Balaban J connectivity index is 1.53. The average molecular weight is 392 g/mol. The number of hydrogen-bond donors (Lipinski definition) is 1. The van der Waals surface area contributed by atoms with Gasteiger partial charge in [0.2, 0.25) is 5.91 Å². The summed E-state index contributed by atoms with van der Waals surface area (Å²) in [7, 11) is 0. The number of nitrogens with one attached hydrogen (secondary N) is 1. The van der Waals surface area contributed by atoms with Crippen molar-refractivity contribution in [2.45, 2.75) is 6.10 Å². The molecule has 1 N–H and O–H groups in total. The number of halogens is 2. The highest BCUT2D eigenvalue weighted by Crippen LogP contribution is 2.30. The molecule has 4 nitrogen and oxygen atoms in total. The molecular weight excluding hydrogens is 377 g/mol. The predicted octanol–water partition coefficient (Wildman–Crippen LogP) is 3.56. The molecule has 0 saturated heterocycles. The third-order valence-electron chi connectivity index (χ3n) is 3.44. The van der Waals surface area contributed by atoms with Crippen molar-refractivity contribution in [3.8, 4) is 11.5 Å². The van der Waals surface area contributed by atoms with Gasteiger partial charge in [-0.2, -0.15) is 0 Å². The second kappa shape index (κ2) is 7.49. The maximum atomic E-state index is 13.6. The van der Waals surface area contributed by atoms with Crippen molar-refractivity contribution in [3.05, 3.63) is 64.4 Å². The molecule has 0 spiro atoms. The molecule has 0 radical (unpaired) electrons. The fraction of sp³-hybridized carbons (Fsp3) is 0.167. The van der Waals surface area contributed by atoms with Crippen molar-refractivity contribution < 1.29 is 18.7 Å². The van der Waals surface area contributed by atoms with E-state index in [4.69, 9.17) is 9.47 Å².